The molecule has 2 aromatic carbocycles. The zero-order valence-electron chi connectivity index (χ0n) is 14.1. The van der Waals surface area contributed by atoms with E-state index >= 15 is 0 Å². The Morgan fingerprint density at radius 1 is 1.04 bits per heavy atom. The van der Waals surface area contributed by atoms with Gasteiger partial charge in [-0.1, -0.05) is 12.1 Å². The maximum absolute atomic E-state index is 8.85. The molecule has 0 aliphatic heterocycles. The Kier molecular flexibility index (Phi) is 4.35. The van der Waals surface area contributed by atoms with Crippen LogP contribution in [0, 0.1) is 25.2 Å². The summed E-state index contributed by atoms with van der Waals surface area (Å²) < 4.78 is 1.96. The Morgan fingerprint density at radius 2 is 1.71 bits per heavy atom. The summed E-state index contributed by atoms with van der Waals surface area (Å²) in [5.41, 5.74) is 6.09. The van der Waals surface area contributed by atoms with Gasteiger partial charge in [-0.3, -0.25) is 0 Å². The molecule has 3 rings (SSSR count). The number of hydrogen-bond acceptors (Lipinski definition) is 3. The van der Waals surface area contributed by atoms with Gasteiger partial charge in [-0.25, -0.2) is 4.68 Å². The average molecular weight is 316 g/mol. The van der Waals surface area contributed by atoms with Gasteiger partial charge in [0.15, 0.2) is 0 Å². The lowest BCUT2D eigenvalue weighted by Crippen LogP contribution is -2.07. The van der Waals surface area contributed by atoms with E-state index < -0.39 is 0 Å². The van der Waals surface area contributed by atoms with Crippen molar-refractivity contribution in [3.8, 4) is 11.8 Å². The van der Waals surface area contributed by atoms with Gasteiger partial charge in [0.25, 0.3) is 0 Å². The van der Waals surface area contributed by atoms with Crippen molar-refractivity contribution < 1.29 is 0 Å². The molecule has 4 nitrogen and oxygen atoms in total. The number of benzene rings is 2. The van der Waals surface area contributed by atoms with Crippen molar-refractivity contribution in [2.45, 2.75) is 26.8 Å². The van der Waals surface area contributed by atoms with Crippen LogP contribution in [0.1, 0.15) is 35.5 Å². The van der Waals surface area contributed by atoms with Crippen LogP contribution in [0.25, 0.3) is 5.69 Å². The van der Waals surface area contributed by atoms with Gasteiger partial charge in [0.2, 0.25) is 0 Å². The molecule has 0 aliphatic rings. The minimum atomic E-state index is 0.174. The lowest BCUT2D eigenvalue weighted by atomic mass is 10.1. The van der Waals surface area contributed by atoms with Crippen molar-refractivity contribution in [2.75, 3.05) is 5.32 Å². The minimum absolute atomic E-state index is 0.174. The molecule has 24 heavy (non-hydrogen) atoms. The standard InChI is InChI=1S/C20H20N4/c1-14-12-15(2)24(23-14)20-10-6-18(7-11-20)16(3)22-19-8-4-17(13-21)5-9-19/h4-12,16,22H,1-3H3. The fraction of sp³-hybridized carbons (Fsp3) is 0.200. The number of anilines is 1. The summed E-state index contributed by atoms with van der Waals surface area (Å²) in [6.45, 7) is 6.18. The molecule has 0 saturated heterocycles. The predicted molar refractivity (Wildman–Crippen MR) is 96.2 cm³/mol. The summed E-state index contributed by atoms with van der Waals surface area (Å²) in [4.78, 5) is 0. The maximum atomic E-state index is 8.85. The molecule has 1 aromatic heterocycles. The molecule has 0 fully saturated rings. The number of nitrogens with one attached hydrogen (secondary N) is 1. The summed E-state index contributed by atoms with van der Waals surface area (Å²) >= 11 is 0. The number of hydrogen-bond donors (Lipinski definition) is 1. The molecule has 1 heterocycles. The van der Waals surface area contributed by atoms with Crippen molar-refractivity contribution in [1.82, 2.24) is 9.78 Å². The highest BCUT2D eigenvalue weighted by atomic mass is 15.3. The number of nitriles is 1. The van der Waals surface area contributed by atoms with Crippen molar-refractivity contribution in [3.63, 3.8) is 0 Å². The quantitative estimate of drug-likeness (QED) is 0.769. The largest absolute Gasteiger partial charge is 0.379 e. The molecule has 0 spiro atoms. The summed E-state index contributed by atoms with van der Waals surface area (Å²) in [5, 5.41) is 16.8. The van der Waals surface area contributed by atoms with Crippen molar-refractivity contribution >= 4 is 5.69 Å². The SMILES string of the molecule is Cc1cc(C)n(-c2ccc(C(C)Nc3ccc(C#N)cc3)cc2)n1. The molecule has 1 atom stereocenters. The maximum Gasteiger partial charge on any atom is 0.0991 e. The smallest absolute Gasteiger partial charge is 0.0991 e. The molecule has 0 aliphatic carbocycles. The van der Waals surface area contributed by atoms with Crippen LogP contribution < -0.4 is 5.32 Å². The van der Waals surface area contributed by atoms with E-state index in [1.807, 2.05) is 35.9 Å². The molecular formula is C20H20N4. The van der Waals surface area contributed by atoms with Gasteiger partial charge in [0.05, 0.1) is 23.0 Å². The van der Waals surface area contributed by atoms with Crippen LogP contribution in [0.2, 0.25) is 0 Å². The molecular weight excluding hydrogens is 296 g/mol. The second kappa shape index (κ2) is 6.59. The zero-order valence-corrected chi connectivity index (χ0v) is 14.1. The van der Waals surface area contributed by atoms with Gasteiger partial charge >= 0.3 is 0 Å². The molecule has 1 unspecified atom stereocenters. The first-order valence-corrected chi connectivity index (χ1v) is 7.97. The fourth-order valence-electron chi connectivity index (χ4n) is 2.77. The van der Waals surface area contributed by atoms with Gasteiger partial charge in [-0.15, -0.1) is 0 Å². The van der Waals surface area contributed by atoms with Gasteiger partial charge < -0.3 is 5.32 Å². The molecule has 0 radical (unpaired) electrons. The zero-order chi connectivity index (χ0) is 17.1. The summed E-state index contributed by atoms with van der Waals surface area (Å²) in [5.74, 6) is 0. The second-order valence-corrected chi connectivity index (χ2v) is 5.99. The number of rotatable bonds is 4. The number of aryl methyl sites for hydroxylation is 2. The van der Waals surface area contributed by atoms with E-state index in [1.165, 1.54) is 5.56 Å². The third-order valence-electron chi connectivity index (χ3n) is 4.04. The van der Waals surface area contributed by atoms with E-state index in [-0.39, 0.29) is 6.04 Å². The van der Waals surface area contributed by atoms with Crippen molar-refractivity contribution in [1.29, 1.82) is 5.26 Å². The van der Waals surface area contributed by atoms with Crippen LogP contribution in [0.4, 0.5) is 5.69 Å². The van der Waals surface area contributed by atoms with Crippen molar-refractivity contribution in [3.05, 3.63) is 77.1 Å². The van der Waals surface area contributed by atoms with Crippen molar-refractivity contribution in [2.24, 2.45) is 0 Å². The molecule has 4 heteroatoms. The van der Waals surface area contributed by atoms with Crippen LogP contribution in [0.5, 0.6) is 0 Å². The van der Waals surface area contributed by atoms with E-state index in [2.05, 4.69) is 60.7 Å². The molecule has 0 amide bonds. The van der Waals surface area contributed by atoms with Gasteiger partial charge in [-0.2, -0.15) is 10.4 Å². The van der Waals surface area contributed by atoms with E-state index in [1.54, 1.807) is 0 Å². The lowest BCUT2D eigenvalue weighted by molar-refractivity contribution is 0.828. The Bertz CT molecular complexity index is 867. The summed E-state index contributed by atoms with van der Waals surface area (Å²) in [6.07, 6.45) is 0. The highest BCUT2D eigenvalue weighted by molar-refractivity contribution is 5.49. The average Bonchev–Trinajstić information content (AvgIpc) is 2.94. The van der Waals surface area contributed by atoms with E-state index in [0.29, 0.717) is 5.56 Å². The van der Waals surface area contributed by atoms with Crippen LogP contribution in [0.15, 0.2) is 54.6 Å². The van der Waals surface area contributed by atoms with Gasteiger partial charge in [-0.05, 0) is 68.8 Å². The van der Waals surface area contributed by atoms with Gasteiger partial charge in [0.1, 0.15) is 0 Å². The van der Waals surface area contributed by atoms with E-state index in [4.69, 9.17) is 5.26 Å². The highest BCUT2D eigenvalue weighted by Crippen LogP contribution is 2.21. The second-order valence-electron chi connectivity index (χ2n) is 5.99. The molecule has 1 N–H and O–H groups in total. The molecule has 0 bridgehead atoms. The summed E-state index contributed by atoms with van der Waals surface area (Å²) in [7, 11) is 0. The highest BCUT2D eigenvalue weighted by Gasteiger charge is 2.08. The molecule has 120 valence electrons. The first-order valence-electron chi connectivity index (χ1n) is 7.97. The summed E-state index contributed by atoms with van der Waals surface area (Å²) in [6, 6.07) is 20.3. The first-order chi connectivity index (χ1) is 11.6. The van der Waals surface area contributed by atoms with Gasteiger partial charge in [0, 0.05) is 17.4 Å². The molecule has 3 aromatic rings. The van der Waals surface area contributed by atoms with Crippen LogP contribution in [0.3, 0.4) is 0 Å². The lowest BCUT2D eigenvalue weighted by Gasteiger charge is -2.16. The first kappa shape index (κ1) is 15.8. The van der Waals surface area contributed by atoms with Crippen LogP contribution in [-0.2, 0) is 0 Å². The monoisotopic (exact) mass is 316 g/mol. The number of nitrogens with zero attached hydrogens (tertiary/aromatic N) is 3. The van der Waals surface area contributed by atoms with Crippen LogP contribution in [-0.4, -0.2) is 9.78 Å². The number of aromatic nitrogens is 2. The Morgan fingerprint density at radius 3 is 2.25 bits per heavy atom. The minimum Gasteiger partial charge on any atom is -0.379 e. The molecule has 0 saturated carbocycles. The topological polar surface area (TPSA) is 53.6 Å². The third-order valence-corrected chi connectivity index (χ3v) is 4.04. The Balaban J connectivity index is 1.75. The van der Waals surface area contributed by atoms with E-state index in [9.17, 15) is 0 Å². The predicted octanol–water partition coefficient (Wildman–Crippen LogP) is 4.53. The fourth-order valence-corrected chi connectivity index (χ4v) is 2.77. The third kappa shape index (κ3) is 3.31. The van der Waals surface area contributed by atoms with E-state index in [0.717, 1.165) is 22.8 Å². The Labute approximate surface area is 142 Å². The van der Waals surface area contributed by atoms with Crippen LogP contribution >= 0.6 is 0 Å². The Hall–Kier alpha value is -3.06. The normalized spacial score (nSPS) is 11.8.